The summed E-state index contributed by atoms with van der Waals surface area (Å²) < 4.78 is 5.35. The first-order chi connectivity index (χ1) is 16.6. The van der Waals surface area contributed by atoms with Gasteiger partial charge in [-0.2, -0.15) is 5.26 Å². The number of aromatic nitrogens is 1. The second-order valence-electron chi connectivity index (χ2n) is 10.1. The van der Waals surface area contributed by atoms with Crippen molar-refractivity contribution in [3.8, 4) is 11.8 Å². The molecule has 0 radical (unpaired) electrons. The Bertz CT molecular complexity index is 1200. The van der Waals surface area contributed by atoms with Crippen LogP contribution in [0.4, 0.5) is 0 Å². The van der Waals surface area contributed by atoms with Gasteiger partial charge in [-0.05, 0) is 57.2 Å². The van der Waals surface area contributed by atoms with Crippen LogP contribution in [0.1, 0.15) is 56.4 Å². The number of carbonyl (C=O) groups excluding carboxylic acids is 3. The van der Waals surface area contributed by atoms with Gasteiger partial charge in [0.25, 0.3) is 5.91 Å². The minimum atomic E-state index is -0.832. The molecule has 0 spiro atoms. The van der Waals surface area contributed by atoms with Crippen molar-refractivity contribution >= 4 is 40.2 Å². The van der Waals surface area contributed by atoms with Crippen LogP contribution >= 0.6 is 11.6 Å². The number of nitriles is 1. The van der Waals surface area contributed by atoms with Crippen LogP contribution in [0.2, 0.25) is 5.02 Å². The topological polar surface area (TPSA) is 136 Å². The highest BCUT2D eigenvalue weighted by atomic mass is 35.5. The molecule has 2 fully saturated rings. The number of ether oxygens (including phenoxy) is 1. The third-order valence-corrected chi connectivity index (χ3v) is 6.95. The number of amides is 3. The molecule has 0 bridgehead atoms. The van der Waals surface area contributed by atoms with Crippen molar-refractivity contribution in [1.82, 2.24) is 20.9 Å². The molecule has 2 heterocycles. The van der Waals surface area contributed by atoms with E-state index in [1.165, 1.54) is 7.11 Å². The van der Waals surface area contributed by atoms with Crippen LogP contribution in [0.25, 0.3) is 10.9 Å². The van der Waals surface area contributed by atoms with Crippen LogP contribution < -0.4 is 20.7 Å². The van der Waals surface area contributed by atoms with E-state index in [-0.39, 0.29) is 29.5 Å². The van der Waals surface area contributed by atoms with Gasteiger partial charge in [0, 0.05) is 16.8 Å². The molecule has 9 nitrogen and oxygen atoms in total. The van der Waals surface area contributed by atoms with E-state index >= 15 is 0 Å². The van der Waals surface area contributed by atoms with Crippen LogP contribution in [-0.2, 0) is 9.59 Å². The molecule has 1 saturated carbocycles. The van der Waals surface area contributed by atoms with Gasteiger partial charge in [-0.15, -0.1) is 0 Å². The van der Waals surface area contributed by atoms with E-state index < -0.39 is 23.9 Å². The standard InChI is InChI=1S/C25H30ClN5O4/c1-25(2)11-14(22(32)31-25)9-15(12-27)28-23(33)18(8-13-4-5-13)30-24(34)19-10-16-20(35-3)7-6-17(26)21(16)29-19/h6-7,10,13-15,18,29H,4-5,8-9,11H2,1-3H3,(H,28,33)(H,30,34)(H,31,32)/t14-,15?,18?/m1/s1. The number of rotatable bonds is 9. The Morgan fingerprint density at radius 2 is 2.03 bits per heavy atom. The number of fused-ring (bicyclic) bond motifs is 1. The van der Waals surface area contributed by atoms with Gasteiger partial charge in [-0.25, -0.2) is 0 Å². The van der Waals surface area contributed by atoms with E-state index in [1.807, 2.05) is 13.8 Å². The smallest absolute Gasteiger partial charge is 0.268 e. The summed E-state index contributed by atoms with van der Waals surface area (Å²) in [7, 11) is 1.53. The number of benzene rings is 1. The lowest BCUT2D eigenvalue weighted by molar-refractivity contribution is -0.125. The molecule has 4 N–H and O–H groups in total. The highest BCUT2D eigenvalue weighted by Gasteiger charge is 2.39. The van der Waals surface area contributed by atoms with Crippen LogP contribution in [0.3, 0.4) is 0 Å². The van der Waals surface area contributed by atoms with Gasteiger partial charge in [-0.3, -0.25) is 14.4 Å². The summed E-state index contributed by atoms with van der Waals surface area (Å²) in [6, 6.07) is 5.50. The van der Waals surface area contributed by atoms with E-state index in [1.54, 1.807) is 18.2 Å². The monoisotopic (exact) mass is 499 g/mol. The Morgan fingerprint density at radius 1 is 1.29 bits per heavy atom. The molecule has 186 valence electrons. The van der Waals surface area contributed by atoms with Gasteiger partial charge in [0.05, 0.1) is 23.7 Å². The molecular weight excluding hydrogens is 470 g/mol. The van der Waals surface area contributed by atoms with Gasteiger partial charge >= 0.3 is 0 Å². The van der Waals surface area contributed by atoms with Gasteiger partial charge < -0.3 is 25.7 Å². The third kappa shape index (κ3) is 5.70. The van der Waals surface area contributed by atoms with Gasteiger partial charge in [-0.1, -0.05) is 24.4 Å². The molecule has 3 atom stereocenters. The summed E-state index contributed by atoms with van der Waals surface area (Å²) in [5.74, 6) is -0.419. The minimum absolute atomic E-state index is 0.111. The summed E-state index contributed by atoms with van der Waals surface area (Å²) in [6.07, 6.45) is 3.29. The molecule has 2 aromatic rings. The van der Waals surface area contributed by atoms with E-state index in [2.05, 4.69) is 27.0 Å². The Morgan fingerprint density at radius 3 is 2.63 bits per heavy atom. The normalized spacial score (nSPS) is 20.5. The van der Waals surface area contributed by atoms with Crippen LogP contribution in [-0.4, -0.2) is 47.4 Å². The van der Waals surface area contributed by atoms with Gasteiger partial charge in [0.1, 0.15) is 23.5 Å². The molecule has 4 rings (SSSR count). The fourth-order valence-electron chi connectivity index (χ4n) is 4.70. The zero-order valence-corrected chi connectivity index (χ0v) is 20.8. The highest BCUT2D eigenvalue weighted by molar-refractivity contribution is 6.35. The maximum Gasteiger partial charge on any atom is 0.268 e. The van der Waals surface area contributed by atoms with E-state index in [0.29, 0.717) is 40.4 Å². The van der Waals surface area contributed by atoms with Crippen molar-refractivity contribution < 1.29 is 19.1 Å². The van der Waals surface area contributed by atoms with Crippen molar-refractivity contribution in [1.29, 1.82) is 5.26 Å². The Balaban J connectivity index is 1.46. The van der Waals surface area contributed by atoms with E-state index in [0.717, 1.165) is 12.8 Å². The number of hydrogen-bond acceptors (Lipinski definition) is 5. The van der Waals surface area contributed by atoms with E-state index in [4.69, 9.17) is 16.3 Å². The SMILES string of the molecule is COc1ccc(Cl)c2[nH]c(C(=O)NC(CC3CC3)C(=O)NC(C#N)C[C@@H]3CC(C)(C)NC3=O)cc12. The number of nitrogens with zero attached hydrogens (tertiary/aromatic N) is 1. The number of H-pyrrole nitrogens is 1. The molecule has 35 heavy (non-hydrogen) atoms. The number of nitrogens with one attached hydrogen (secondary N) is 4. The Labute approximate surface area is 208 Å². The van der Waals surface area contributed by atoms with Crippen molar-refractivity contribution in [3.05, 3.63) is 28.9 Å². The number of methoxy groups -OCH3 is 1. The molecule has 1 aliphatic heterocycles. The van der Waals surface area contributed by atoms with E-state index in [9.17, 15) is 19.6 Å². The fraction of sp³-hybridized carbons (Fsp3) is 0.520. The van der Waals surface area contributed by atoms with Crippen LogP contribution in [0.5, 0.6) is 5.75 Å². The fourth-order valence-corrected chi connectivity index (χ4v) is 4.91. The summed E-state index contributed by atoms with van der Waals surface area (Å²) in [4.78, 5) is 41.4. The molecule has 1 aromatic carbocycles. The first-order valence-corrected chi connectivity index (χ1v) is 12.2. The first-order valence-electron chi connectivity index (χ1n) is 11.8. The lowest BCUT2D eigenvalue weighted by Crippen LogP contribution is -2.50. The lowest BCUT2D eigenvalue weighted by atomic mass is 9.92. The third-order valence-electron chi connectivity index (χ3n) is 6.64. The minimum Gasteiger partial charge on any atom is -0.496 e. The maximum atomic E-state index is 13.1. The van der Waals surface area contributed by atoms with Crippen molar-refractivity contribution in [3.63, 3.8) is 0 Å². The zero-order chi connectivity index (χ0) is 25.3. The van der Waals surface area contributed by atoms with Crippen molar-refractivity contribution in [2.24, 2.45) is 11.8 Å². The second kappa shape index (κ2) is 9.78. The number of halogens is 1. The van der Waals surface area contributed by atoms with Gasteiger partial charge in [0.15, 0.2) is 0 Å². The maximum absolute atomic E-state index is 13.1. The molecule has 2 unspecified atom stereocenters. The Hall–Kier alpha value is -3.25. The predicted octanol–water partition coefficient (Wildman–Crippen LogP) is 3.04. The average Bonchev–Trinajstić information content (AvgIpc) is 3.43. The van der Waals surface area contributed by atoms with Crippen LogP contribution in [0.15, 0.2) is 18.2 Å². The lowest BCUT2D eigenvalue weighted by Gasteiger charge is -2.21. The molecular formula is C25H30ClN5O4. The quantitative estimate of drug-likeness (QED) is 0.420. The molecule has 1 aromatic heterocycles. The predicted molar refractivity (Wildman–Crippen MR) is 131 cm³/mol. The molecule has 3 amide bonds. The molecule has 10 heteroatoms. The molecule has 1 saturated heterocycles. The number of carbonyl (C=O) groups is 3. The second-order valence-corrected chi connectivity index (χ2v) is 10.5. The molecule has 1 aliphatic carbocycles. The zero-order valence-electron chi connectivity index (χ0n) is 20.0. The largest absolute Gasteiger partial charge is 0.496 e. The first kappa shape index (κ1) is 24.9. The molecule has 2 aliphatic rings. The number of hydrogen-bond donors (Lipinski definition) is 4. The van der Waals surface area contributed by atoms with Crippen molar-refractivity contribution in [2.75, 3.05) is 7.11 Å². The summed E-state index contributed by atoms with van der Waals surface area (Å²) in [5.41, 5.74) is 0.489. The van der Waals surface area contributed by atoms with Gasteiger partial charge in [0.2, 0.25) is 11.8 Å². The summed E-state index contributed by atoms with van der Waals surface area (Å²) in [6.45, 7) is 3.86. The summed E-state index contributed by atoms with van der Waals surface area (Å²) >= 11 is 6.27. The Kier molecular flexibility index (Phi) is 6.95. The number of aromatic amines is 1. The van der Waals surface area contributed by atoms with Crippen molar-refractivity contribution in [2.45, 2.75) is 63.6 Å². The highest BCUT2D eigenvalue weighted by Crippen LogP contribution is 2.34. The summed E-state index contributed by atoms with van der Waals surface area (Å²) in [5, 5.41) is 19.2. The average molecular weight is 500 g/mol. The van der Waals surface area contributed by atoms with Crippen LogP contribution in [0, 0.1) is 23.2 Å².